The van der Waals surface area contributed by atoms with Crippen LogP contribution in [0.5, 0.6) is 0 Å². The van der Waals surface area contributed by atoms with Crippen molar-refractivity contribution in [1.82, 2.24) is 0 Å². The van der Waals surface area contributed by atoms with Crippen molar-refractivity contribution in [2.75, 3.05) is 16.8 Å². The number of para-hydroxylation sites is 1. The summed E-state index contributed by atoms with van der Waals surface area (Å²) >= 11 is 5.85. The number of hydrogen-bond acceptors (Lipinski definition) is 2. The lowest BCUT2D eigenvalue weighted by atomic mass is 10.0. The van der Waals surface area contributed by atoms with Gasteiger partial charge in [-0.3, -0.25) is 9.59 Å². The Morgan fingerprint density at radius 1 is 1.04 bits per heavy atom. The molecule has 1 N–H and O–H groups in total. The number of anilines is 2. The van der Waals surface area contributed by atoms with E-state index in [2.05, 4.69) is 11.4 Å². The lowest BCUT2D eigenvalue weighted by Crippen LogP contribution is -2.37. The van der Waals surface area contributed by atoms with Crippen LogP contribution < -0.4 is 10.2 Å². The van der Waals surface area contributed by atoms with Gasteiger partial charge in [0.15, 0.2) is 0 Å². The molecule has 2 aromatic carbocycles. The van der Waals surface area contributed by atoms with E-state index in [0.717, 1.165) is 25.1 Å². The minimum absolute atomic E-state index is 0.0726. The predicted octanol–water partition coefficient (Wildman–Crippen LogP) is 3.89. The SMILES string of the molecule is O=C(Nc1ccc(Cl)cc1)C1CC1C(=O)N1CCCc2ccccc21. The van der Waals surface area contributed by atoms with Gasteiger partial charge in [-0.15, -0.1) is 0 Å². The molecular weight excluding hydrogens is 336 g/mol. The molecule has 0 aromatic heterocycles. The summed E-state index contributed by atoms with van der Waals surface area (Å²) in [5.74, 6) is -0.468. The summed E-state index contributed by atoms with van der Waals surface area (Å²) in [6, 6.07) is 15.0. The molecule has 128 valence electrons. The fourth-order valence-corrected chi connectivity index (χ4v) is 3.61. The number of rotatable bonds is 3. The molecule has 2 amide bonds. The maximum absolute atomic E-state index is 12.9. The summed E-state index contributed by atoms with van der Waals surface area (Å²) in [7, 11) is 0. The first-order chi connectivity index (χ1) is 12.1. The number of carbonyl (C=O) groups excluding carboxylic acids is 2. The normalized spacial score (nSPS) is 21.4. The van der Waals surface area contributed by atoms with E-state index < -0.39 is 0 Å². The van der Waals surface area contributed by atoms with Gasteiger partial charge in [0.1, 0.15) is 0 Å². The van der Waals surface area contributed by atoms with Crippen LogP contribution in [0.1, 0.15) is 18.4 Å². The summed E-state index contributed by atoms with van der Waals surface area (Å²) in [4.78, 5) is 27.1. The summed E-state index contributed by atoms with van der Waals surface area (Å²) in [6.07, 6.45) is 2.60. The van der Waals surface area contributed by atoms with Gasteiger partial charge in [0.2, 0.25) is 11.8 Å². The molecule has 1 aliphatic heterocycles. The summed E-state index contributed by atoms with van der Waals surface area (Å²) in [5.41, 5.74) is 2.92. The molecule has 0 bridgehead atoms. The van der Waals surface area contributed by atoms with Crippen LogP contribution in [0.2, 0.25) is 5.02 Å². The number of aryl methyl sites for hydroxylation is 1. The molecule has 1 fully saturated rings. The number of benzene rings is 2. The van der Waals surface area contributed by atoms with Gasteiger partial charge in [-0.05, 0) is 55.2 Å². The molecule has 1 saturated carbocycles. The maximum atomic E-state index is 12.9. The van der Waals surface area contributed by atoms with E-state index >= 15 is 0 Å². The Morgan fingerprint density at radius 3 is 2.60 bits per heavy atom. The minimum Gasteiger partial charge on any atom is -0.326 e. The van der Waals surface area contributed by atoms with E-state index in [1.54, 1.807) is 24.3 Å². The maximum Gasteiger partial charge on any atom is 0.230 e. The number of carbonyl (C=O) groups is 2. The van der Waals surface area contributed by atoms with Gasteiger partial charge < -0.3 is 10.2 Å². The number of amides is 2. The van der Waals surface area contributed by atoms with Crippen LogP contribution in [0.15, 0.2) is 48.5 Å². The largest absolute Gasteiger partial charge is 0.326 e. The highest BCUT2D eigenvalue weighted by Gasteiger charge is 2.50. The van der Waals surface area contributed by atoms with E-state index in [4.69, 9.17) is 11.6 Å². The average Bonchev–Trinajstić information content (AvgIpc) is 3.43. The lowest BCUT2D eigenvalue weighted by Gasteiger charge is -2.29. The zero-order valence-electron chi connectivity index (χ0n) is 13.7. The van der Waals surface area contributed by atoms with E-state index in [-0.39, 0.29) is 23.7 Å². The summed E-state index contributed by atoms with van der Waals surface area (Å²) in [6.45, 7) is 0.734. The van der Waals surface area contributed by atoms with Crippen LogP contribution in [0.25, 0.3) is 0 Å². The molecule has 1 aliphatic carbocycles. The molecule has 0 radical (unpaired) electrons. The Balaban J connectivity index is 1.42. The second kappa shape index (κ2) is 6.52. The molecule has 2 atom stereocenters. The van der Waals surface area contributed by atoms with Crippen molar-refractivity contribution in [2.45, 2.75) is 19.3 Å². The van der Waals surface area contributed by atoms with Crippen molar-refractivity contribution in [3.8, 4) is 0 Å². The topological polar surface area (TPSA) is 49.4 Å². The minimum atomic E-state index is -0.239. The monoisotopic (exact) mass is 354 g/mol. The molecule has 0 spiro atoms. The van der Waals surface area contributed by atoms with Crippen molar-refractivity contribution in [3.63, 3.8) is 0 Å². The Labute approximate surface area is 151 Å². The smallest absolute Gasteiger partial charge is 0.230 e. The Hall–Kier alpha value is -2.33. The van der Waals surface area contributed by atoms with Crippen LogP contribution in [0.4, 0.5) is 11.4 Å². The number of fused-ring (bicyclic) bond motifs is 1. The van der Waals surface area contributed by atoms with Gasteiger partial charge in [0.25, 0.3) is 0 Å². The Bertz CT molecular complexity index is 819. The molecular formula is C20H19ClN2O2. The predicted molar refractivity (Wildman–Crippen MR) is 98.8 cm³/mol. The fourth-order valence-electron chi connectivity index (χ4n) is 3.49. The number of halogens is 1. The molecule has 0 saturated heterocycles. The van der Waals surface area contributed by atoms with Crippen molar-refractivity contribution >= 4 is 34.8 Å². The van der Waals surface area contributed by atoms with Crippen LogP contribution >= 0.6 is 11.6 Å². The van der Waals surface area contributed by atoms with Gasteiger partial charge in [0, 0.05) is 22.9 Å². The third-order valence-corrected chi connectivity index (χ3v) is 5.18. The van der Waals surface area contributed by atoms with Crippen molar-refractivity contribution < 1.29 is 9.59 Å². The molecule has 25 heavy (non-hydrogen) atoms. The number of hydrogen-bond donors (Lipinski definition) is 1. The van der Waals surface area contributed by atoms with Crippen molar-refractivity contribution in [2.24, 2.45) is 11.8 Å². The van der Waals surface area contributed by atoms with Crippen LogP contribution in [0.3, 0.4) is 0 Å². The lowest BCUT2D eigenvalue weighted by molar-refractivity contribution is -0.123. The first-order valence-electron chi connectivity index (χ1n) is 8.59. The Kier molecular flexibility index (Phi) is 4.22. The molecule has 4 nitrogen and oxygen atoms in total. The van der Waals surface area contributed by atoms with E-state index in [1.807, 2.05) is 23.1 Å². The van der Waals surface area contributed by atoms with Crippen LogP contribution in [-0.2, 0) is 16.0 Å². The van der Waals surface area contributed by atoms with Gasteiger partial charge in [-0.2, -0.15) is 0 Å². The highest BCUT2D eigenvalue weighted by Crippen LogP contribution is 2.42. The second-order valence-corrected chi connectivity index (χ2v) is 7.10. The zero-order chi connectivity index (χ0) is 17.4. The fraction of sp³-hybridized carbons (Fsp3) is 0.300. The standard InChI is InChI=1S/C20H19ClN2O2/c21-14-7-9-15(10-8-14)22-19(24)16-12-17(16)20(25)23-11-3-5-13-4-1-2-6-18(13)23/h1-2,4,6-10,16-17H,3,5,11-12H2,(H,22,24). The van der Waals surface area contributed by atoms with E-state index in [0.29, 0.717) is 17.1 Å². The third kappa shape index (κ3) is 3.27. The summed E-state index contributed by atoms with van der Waals surface area (Å²) < 4.78 is 0. The average molecular weight is 355 g/mol. The number of nitrogens with one attached hydrogen (secondary N) is 1. The molecule has 2 unspecified atom stereocenters. The first-order valence-corrected chi connectivity index (χ1v) is 8.97. The van der Waals surface area contributed by atoms with Crippen molar-refractivity contribution in [1.29, 1.82) is 0 Å². The molecule has 1 heterocycles. The van der Waals surface area contributed by atoms with Gasteiger partial charge in [-0.1, -0.05) is 29.8 Å². The van der Waals surface area contributed by atoms with Gasteiger partial charge >= 0.3 is 0 Å². The molecule has 2 aliphatic rings. The highest BCUT2D eigenvalue weighted by atomic mass is 35.5. The van der Waals surface area contributed by atoms with E-state index in [1.165, 1.54) is 5.56 Å². The third-order valence-electron chi connectivity index (χ3n) is 4.93. The zero-order valence-corrected chi connectivity index (χ0v) is 14.5. The number of nitrogens with zero attached hydrogens (tertiary/aromatic N) is 1. The van der Waals surface area contributed by atoms with Crippen LogP contribution in [0, 0.1) is 11.8 Å². The van der Waals surface area contributed by atoms with Crippen LogP contribution in [-0.4, -0.2) is 18.4 Å². The summed E-state index contributed by atoms with van der Waals surface area (Å²) in [5, 5.41) is 3.50. The molecule has 2 aromatic rings. The quantitative estimate of drug-likeness (QED) is 0.908. The highest BCUT2D eigenvalue weighted by molar-refractivity contribution is 6.30. The van der Waals surface area contributed by atoms with Crippen molar-refractivity contribution in [3.05, 3.63) is 59.1 Å². The Morgan fingerprint density at radius 2 is 1.80 bits per heavy atom. The van der Waals surface area contributed by atoms with Gasteiger partial charge in [0.05, 0.1) is 11.8 Å². The molecule has 4 rings (SSSR count). The van der Waals surface area contributed by atoms with E-state index in [9.17, 15) is 9.59 Å². The molecule has 5 heteroatoms. The van der Waals surface area contributed by atoms with Gasteiger partial charge in [-0.25, -0.2) is 0 Å². The first kappa shape index (κ1) is 16.2. The second-order valence-electron chi connectivity index (χ2n) is 6.67.